The summed E-state index contributed by atoms with van der Waals surface area (Å²) in [6.07, 6.45) is 7.19. The lowest BCUT2D eigenvalue weighted by Gasteiger charge is -2.64. The second kappa shape index (κ2) is 5.18. The molecule has 0 radical (unpaired) electrons. The molecule has 0 saturated heterocycles. The molecule has 8 unspecified atom stereocenters. The fraction of sp³-hybridized carbons (Fsp3) is 1.00. The van der Waals surface area contributed by atoms with E-state index >= 15 is 0 Å². The van der Waals surface area contributed by atoms with Gasteiger partial charge in [0, 0.05) is 6.61 Å². The Morgan fingerprint density at radius 1 is 0.917 bits per heavy atom. The van der Waals surface area contributed by atoms with Crippen LogP contribution in [-0.2, 0) is 0 Å². The summed E-state index contributed by atoms with van der Waals surface area (Å²) in [4.78, 5) is 0. The van der Waals surface area contributed by atoms with Gasteiger partial charge in [0.1, 0.15) is 0 Å². The largest absolute Gasteiger partial charge is 0.396 e. The Morgan fingerprint density at radius 2 is 1.67 bits per heavy atom. The van der Waals surface area contributed by atoms with Crippen molar-refractivity contribution in [1.82, 2.24) is 0 Å². The zero-order valence-electron chi connectivity index (χ0n) is 15.2. The molecule has 4 aliphatic rings. The van der Waals surface area contributed by atoms with Crippen molar-refractivity contribution in [3.63, 3.8) is 0 Å². The Balaban J connectivity index is 1.73. The molecule has 0 aromatic carbocycles. The first-order chi connectivity index (χ1) is 11.2. The van der Waals surface area contributed by atoms with Crippen LogP contribution in [0.1, 0.15) is 65.2 Å². The highest BCUT2D eigenvalue weighted by Gasteiger charge is 2.68. The Hall–Kier alpha value is -0.160. The lowest BCUT2D eigenvalue weighted by atomic mass is 9.40. The number of fused-ring (bicyclic) bond motifs is 3. The highest BCUT2D eigenvalue weighted by molar-refractivity contribution is 5.17. The maximum Gasteiger partial charge on any atom is 0.0910 e. The first-order valence-electron chi connectivity index (χ1n) is 9.84. The van der Waals surface area contributed by atoms with E-state index in [2.05, 4.69) is 13.8 Å². The number of hydrogen-bond donors (Lipinski definition) is 4. The molecular formula is C20H34O4. The van der Waals surface area contributed by atoms with Crippen LogP contribution in [0.15, 0.2) is 0 Å². The van der Waals surface area contributed by atoms with Crippen LogP contribution >= 0.6 is 0 Å². The van der Waals surface area contributed by atoms with Gasteiger partial charge in [-0.2, -0.15) is 0 Å². The van der Waals surface area contributed by atoms with Gasteiger partial charge in [-0.05, 0) is 85.4 Å². The van der Waals surface area contributed by atoms with Crippen LogP contribution in [0.25, 0.3) is 0 Å². The third kappa shape index (κ3) is 2.06. The summed E-state index contributed by atoms with van der Waals surface area (Å²) in [5, 5.41) is 41.4. The van der Waals surface area contributed by atoms with E-state index in [1.165, 1.54) is 0 Å². The van der Waals surface area contributed by atoms with Gasteiger partial charge in [-0.15, -0.1) is 0 Å². The summed E-state index contributed by atoms with van der Waals surface area (Å²) in [6, 6.07) is 0. The van der Waals surface area contributed by atoms with Crippen molar-refractivity contribution in [2.24, 2.45) is 34.0 Å². The maximum absolute atomic E-state index is 10.9. The molecule has 0 aromatic heterocycles. The molecule has 4 aliphatic carbocycles. The lowest BCUT2D eigenvalue weighted by Crippen LogP contribution is -2.59. The van der Waals surface area contributed by atoms with E-state index in [0.29, 0.717) is 18.3 Å². The molecule has 4 nitrogen and oxygen atoms in total. The molecule has 138 valence electrons. The SMILES string of the molecule is CC1(CO)CC(O)CC2(C)C1CCC13CC(CCC12)C(O)(CO)C3. The minimum Gasteiger partial charge on any atom is -0.396 e. The molecule has 4 rings (SSSR count). The van der Waals surface area contributed by atoms with Crippen LogP contribution in [0.4, 0.5) is 0 Å². The van der Waals surface area contributed by atoms with Crippen LogP contribution < -0.4 is 0 Å². The van der Waals surface area contributed by atoms with Crippen molar-refractivity contribution in [2.45, 2.75) is 76.9 Å². The Kier molecular flexibility index (Phi) is 3.73. The first-order valence-corrected chi connectivity index (χ1v) is 9.84. The Labute approximate surface area is 145 Å². The van der Waals surface area contributed by atoms with Gasteiger partial charge in [-0.25, -0.2) is 0 Å². The molecule has 4 fully saturated rings. The van der Waals surface area contributed by atoms with E-state index in [9.17, 15) is 20.4 Å². The van der Waals surface area contributed by atoms with Gasteiger partial charge in [-0.3, -0.25) is 0 Å². The number of hydrogen-bond acceptors (Lipinski definition) is 4. The van der Waals surface area contributed by atoms with E-state index in [0.717, 1.165) is 44.9 Å². The third-order valence-electron chi connectivity index (χ3n) is 8.99. The van der Waals surface area contributed by atoms with Crippen LogP contribution in [0, 0.1) is 34.0 Å². The number of aliphatic hydroxyl groups is 4. The van der Waals surface area contributed by atoms with E-state index in [-0.39, 0.29) is 41.5 Å². The molecule has 0 amide bonds. The summed E-state index contributed by atoms with van der Waals surface area (Å²) >= 11 is 0. The van der Waals surface area contributed by atoms with Crippen molar-refractivity contribution in [3.8, 4) is 0 Å². The smallest absolute Gasteiger partial charge is 0.0910 e. The average molecular weight is 338 g/mol. The van der Waals surface area contributed by atoms with Gasteiger partial charge in [0.05, 0.1) is 18.3 Å². The fourth-order valence-electron chi connectivity index (χ4n) is 8.26. The standard InChI is InChI=1S/C20H34O4/c1-17(11-21)8-14(23)9-18(2)15(17)5-6-19-7-13(3-4-16(18)19)20(24,10-19)12-22/h13-16,21-24H,3-12H2,1-2H3. The second-order valence-electron chi connectivity index (χ2n) is 10.3. The molecule has 4 N–H and O–H groups in total. The normalized spacial score (nSPS) is 59.8. The van der Waals surface area contributed by atoms with Gasteiger partial charge in [0.25, 0.3) is 0 Å². The fourth-order valence-corrected chi connectivity index (χ4v) is 8.26. The third-order valence-corrected chi connectivity index (χ3v) is 8.99. The summed E-state index contributed by atoms with van der Waals surface area (Å²) < 4.78 is 0. The number of aliphatic hydroxyl groups excluding tert-OH is 3. The van der Waals surface area contributed by atoms with Gasteiger partial charge >= 0.3 is 0 Å². The van der Waals surface area contributed by atoms with Gasteiger partial charge in [0.2, 0.25) is 0 Å². The number of rotatable bonds is 2. The molecule has 0 aromatic rings. The van der Waals surface area contributed by atoms with Crippen molar-refractivity contribution in [3.05, 3.63) is 0 Å². The van der Waals surface area contributed by atoms with Crippen LogP contribution in [0.5, 0.6) is 0 Å². The molecule has 8 atom stereocenters. The summed E-state index contributed by atoms with van der Waals surface area (Å²) in [6.45, 7) is 4.52. The molecule has 24 heavy (non-hydrogen) atoms. The van der Waals surface area contributed by atoms with Crippen molar-refractivity contribution < 1.29 is 20.4 Å². The van der Waals surface area contributed by atoms with Gasteiger partial charge in [0.15, 0.2) is 0 Å². The minimum absolute atomic E-state index is 0.0269. The average Bonchev–Trinajstić information content (AvgIpc) is 2.73. The summed E-state index contributed by atoms with van der Waals surface area (Å²) in [5.41, 5.74) is -0.944. The summed E-state index contributed by atoms with van der Waals surface area (Å²) in [5.74, 6) is 1.16. The van der Waals surface area contributed by atoms with E-state index in [4.69, 9.17) is 0 Å². The molecule has 2 bridgehead atoms. The zero-order chi connectivity index (χ0) is 17.4. The predicted octanol–water partition coefficient (Wildman–Crippen LogP) is 2.09. The minimum atomic E-state index is -0.897. The van der Waals surface area contributed by atoms with Crippen molar-refractivity contribution in [2.75, 3.05) is 13.2 Å². The Bertz CT molecular complexity index is 524. The molecule has 4 heteroatoms. The van der Waals surface area contributed by atoms with Crippen molar-refractivity contribution in [1.29, 1.82) is 0 Å². The summed E-state index contributed by atoms with van der Waals surface area (Å²) in [7, 11) is 0. The quantitative estimate of drug-likeness (QED) is 0.621. The topological polar surface area (TPSA) is 80.9 Å². The first kappa shape index (κ1) is 17.3. The van der Waals surface area contributed by atoms with E-state index < -0.39 is 5.60 Å². The van der Waals surface area contributed by atoms with Gasteiger partial charge < -0.3 is 20.4 Å². The highest BCUT2D eigenvalue weighted by Crippen LogP contribution is 2.72. The van der Waals surface area contributed by atoms with Gasteiger partial charge in [-0.1, -0.05) is 13.8 Å². The molecule has 1 spiro atoms. The zero-order valence-corrected chi connectivity index (χ0v) is 15.2. The maximum atomic E-state index is 10.9. The van der Waals surface area contributed by atoms with Crippen molar-refractivity contribution >= 4 is 0 Å². The molecular weight excluding hydrogens is 304 g/mol. The monoisotopic (exact) mass is 338 g/mol. The Morgan fingerprint density at radius 3 is 2.33 bits per heavy atom. The predicted molar refractivity (Wildman–Crippen MR) is 91.2 cm³/mol. The molecule has 4 saturated carbocycles. The van der Waals surface area contributed by atoms with Crippen LogP contribution in [0.2, 0.25) is 0 Å². The second-order valence-corrected chi connectivity index (χ2v) is 10.3. The van der Waals surface area contributed by atoms with E-state index in [1.54, 1.807) is 0 Å². The van der Waals surface area contributed by atoms with E-state index in [1.807, 2.05) is 0 Å². The molecule has 0 aliphatic heterocycles. The highest BCUT2D eigenvalue weighted by atomic mass is 16.3. The lowest BCUT2D eigenvalue weighted by molar-refractivity contribution is -0.185. The van der Waals surface area contributed by atoms with Crippen LogP contribution in [0.3, 0.4) is 0 Å². The molecule has 0 heterocycles. The van der Waals surface area contributed by atoms with Crippen LogP contribution in [-0.4, -0.2) is 45.3 Å².